The zero-order valence-electron chi connectivity index (χ0n) is 19.7. The Morgan fingerprint density at radius 2 is 1.81 bits per heavy atom. The summed E-state index contributed by atoms with van der Waals surface area (Å²) >= 11 is 0. The number of hydrogen-bond acceptors (Lipinski definition) is 6. The van der Waals surface area contributed by atoms with Gasteiger partial charge in [0.25, 0.3) is 0 Å². The molecule has 6 nitrogen and oxygen atoms in total. The summed E-state index contributed by atoms with van der Waals surface area (Å²) in [7, 11) is 0. The van der Waals surface area contributed by atoms with Gasteiger partial charge in [0.2, 0.25) is 0 Å². The summed E-state index contributed by atoms with van der Waals surface area (Å²) in [5, 5.41) is 45.8. The Hall–Kier alpha value is -0.760. The molecule has 0 spiro atoms. The first kappa shape index (κ1) is 21.8. The van der Waals surface area contributed by atoms with Crippen molar-refractivity contribution in [1.82, 2.24) is 0 Å². The van der Waals surface area contributed by atoms with Crippen LogP contribution in [-0.2, 0) is 9.47 Å². The lowest BCUT2D eigenvalue weighted by molar-refractivity contribution is -0.259. The Balaban J connectivity index is 1.55. The van der Waals surface area contributed by atoms with E-state index in [4.69, 9.17) is 9.47 Å². The second kappa shape index (κ2) is 6.46. The van der Waals surface area contributed by atoms with E-state index in [0.717, 1.165) is 25.7 Å². The second-order valence-electron chi connectivity index (χ2n) is 12.3. The van der Waals surface area contributed by atoms with E-state index in [1.54, 1.807) is 11.1 Å². The SMILES string of the molecule is CC(C)C1=C2C3CC=C4C(O)C5(O)CCOC6OC(C4C6(O)C5O)C3(C)CCC2(C)CC1. The molecule has 2 aliphatic heterocycles. The third-order valence-electron chi connectivity index (χ3n) is 10.5. The predicted octanol–water partition coefficient (Wildman–Crippen LogP) is 2.44. The van der Waals surface area contributed by atoms with E-state index in [9.17, 15) is 20.4 Å². The first-order chi connectivity index (χ1) is 15.0. The highest BCUT2D eigenvalue weighted by atomic mass is 16.7. The molecule has 6 rings (SSSR count). The van der Waals surface area contributed by atoms with Gasteiger partial charge in [-0.05, 0) is 54.9 Å². The minimum atomic E-state index is -1.84. The molecule has 178 valence electrons. The fraction of sp³-hybridized carbons (Fsp3) is 0.846. The highest BCUT2D eigenvalue weighted by Gasteiger charge is 2.75. The molecule has 0 aromatic rings. The Morgan fingerprint density at radius 1 is 1.06 bits per heavy atom. The summed E-state index contributed by atoms with van der Waals surface area (Å²) in [6.07, 6.45) is 3.05. The third kappa shape index (κ3) is 2.32. The quantitative estimate of drug-likeness (QED) is 0.462. The van der Waals surface area contributed by atoms with Crippen molar-refractivity contribution < 1.29 is 29.9 Å². The van der Waals surface area contributed by atoms with Crippen molar-refractivity contribution in [2.24, 2.45) is 28.6 Å². The summed E-state index contributed by atoms with van der Waals surface area (Å²) in [4.78, 5) is 0. The normalized spacial score (nSPS) is 56.5. The maximum absolute atomic E-state index is 11.9. The Kier molecular flexibility index (Phi) is 4.39. The maximum Gasteiger partial charge on any atom is 0.190 e. The van der Waals surface area contributed by atoms with Crippen LogP contribution < -0.4 is 0 Å². The molecule has 2 bridgehead atoms. The topological polar surface area (TPSA) is 99.4 Å². The van der Waals surface area contributed by atoms with E-state index in [-0.39, 0.29) is 29.8 Å². The molecular formula is C26H38O6. The minimum Gasteiger partial charge on any atom is -0.387 e. The number of fused-ring (bicyclic) bond motifs is 5. The lowest BCUT2D eigenvalue weighted by Crippen LogP contribution is -2.71. The minimum absolute atomic E-state index is 0.0493. The van der Waals surface area contributed by atoms with E-state index in [1.165, 1.54) is 6.42 Å². The molecule has 32 heavy (non-hydrogen) atoms. The molecule has 0 aromatic heterocycles. The Bertz CT molecular complexity index is 910. The van der Waals surface area contributed by atoms with Crippen molar-refractivity contribution in [2.45, 2.75) is 102 Å². The van der Waals surface area contributed by atoms with Crippen LogP contribution >= 0.6 is 0 Å². The van der Waals surface area contributed by atoms with Gasteiger partial charge < -0.3 is 29.9 Å². The number of aliphatic hydroxyl groups is 4. The molecule has 2 heterocycles. The highest BCUT2D eigenvalue weighted by Crippen LogP contribution is 2.68. The first-order valence-corrected chi connectivity index (χ1v) is 12.5. The molecule has 6 heteroatoms. The molecule has 2 saturated carbocycles. The van der Waals surface area contributed by atoms with Crippen LogP contribution in [-0.4, -0.2) is 62.8 Å². The maximum atomic E-state index is 11.9. The van der Waals surface area contributed by atoms with Crippen LogP contribution in [0.25, 0.3) is 0 Å². The fourth-order valence-electron chi connectivity index (χ4n) is 8.61. The average molecular weight is 447 g/mol. The second-order valence-corrected chi connectivity index (χ2v) is 12.3. The van der Waals surface area contributed by atoms with Crippen LogP contribution in [0.3, 0.4) is 0 Å². The Labute approximate surface area is 190 Å². The monoisotopic (exact) mass is 446 g/mol. The van der Waals surface area contributed by atoms with E-state index in [1.807, 2.05) is 0 Å². The van der Waals surface area contributed by atoms with Gasteiger partial charge in [-0.25, -0.2) is 0 Å². The van der Waals surface area contributed by atoms with Crippen LogP contribution in [0.2, 0.25) is 0 Å². The number of ether oxygens (including phenoxy) is 2. The number of allylic oxidation sites excluding steroid dienone is 3. The van der Waals surface area contributed by atoms with Gasteiger partial charge in [-0.15, -0.1) is 0 Å². The van der Waals surface area contributed by atoms with Crippen molar-refractivity contribution in [1.29, 1.82) is 0 Å². The van der Waals surface area contributed by atoms with Crippen molar-refractivity contribution in [2.75, 3.05) is 6.61 Å². The van der Waals surface area contributed by atoms with Crippen LogP contribution in [0.15, 0.2) is 22.8 Å². The van der Waals surface area contributed by atoms with Gasteiger partial charge in [-0.2, -0.15) is 0 Å². The lowest BCUT2D eigenvalue weighted by Gasteiger charge is -2.54. The molecule has 0 radical (unpaired) electrons. The molecule has 10 unspecified atom stereocenters. The van der Waals surface area contributed by atoms with Crippen molar-refractivity contribution in [3.05, 3.63) is 22.8 Å². The van der Waals surface area contributed by atoms with E-state index >= 15 is 0 Å². The van der Waals surface area contributed by atoms with E-state index in [0.29, 0.717) is 11.5 Å². The van der Waals surface area contributed by atoms with Gasteiger partial charge >= 0.3 is 0 Å². The fourth-order valence-corrected chi connectivity index (χ4v) is 8.61. The largest absolute Gasteiger partial charge is 0.387 e. The third-order valence-corrected chi connectivity index (χ3v) is 10.5. The van der Waals surface area contributed by atoms with Crippen LogP contribution in [0.4, 0.5) is 0 Å². The molecule has 2 saturated heterocycles. The van der Waals surface area contributed by atoms with Gasteiger partial charge in [0.05, 0.1) is 12.7 Å². The summed E-state index contributed by atoms with van der Waals surface area (Å²) in [5.41, 5.74) is 0.0653. The standard InChI is InChI=1S/C26H38O6/c1-13(2)14-7-8-23(3)9-10-24(4)16(17(14)23)6-5-15-18-20(24)32-22-26(18,30)21(28)25(29,19(15)27)11-12-31-22/h5,13,16,18-22,27-30H,6-12H2,1-4H3. The molecule has 10 atom stereocenters. The van der Waals surface area contributed by atoms with Crippen LogP contribution in [0.1, 0.15) is 66.2 Å². The summed E-state index contributed by atoms with van der Waals surface area (Å²) in [5.74, 6) is 0.134. The van der Waals surface area contributed by atoms with Gasteiger partial charge in [-0.3, -0.25) is 0 Å². The number of aliphatic hydroxyl groups excluding tert-OH is 2. The van der Waals surface area contributed by atoms with Gasteiger partial charge in [0.15, 0.2) is 11.9 Å². The van der Waals surface area contributed by atoms with Crippen LogP contribution in [0, 0.1) is 28.6 Å². The summed E-state index contributed by atoms with van der Waals surface area (Å²) < 4.78 is 12.4. The molecule has 6 aliphatic rings. The highest BCUT2D eigenvalue weighted by molar-refractivity contribution is 5.41. The predicted molar refractivity (Wildman–Crippen MR) is 117 cm³/mol. The van der Waals surface area contributed by atoms with Crippen molar-refractivity contribution >= 4 is 0 Å². The molecule has 4 aliphatic carbocycles. The average Bonchev–Trinajstić information content (AvgIpc) is 3.18. The summed E-state index contributed by atoms with van der Waals surface area (Å²) in [6, 6.07) is 0. The Morgan fingerprint density at radius 3 is 2.53 bits per heavy atom. The first-order valence-electron chi connectivity index (χ1n) is 12.5. The van der Waals surface area contributed by atoms with Gasteiger partial charge in [0, 0.05) is 17.8 Å². The zero-order valence-corrected chi connectivity index (χ0v) is 19.7. The van der Waals surface area contributed by atoms with E-state index in [2.05, 4.69) is 33.8 Å². The molecular weight excluding hydrogens is 408 g/mol. The molecule has 0 amide bonds. The smallest absolute Gasteiger partial charge is 0.190 e. The number of hydrogen-bond donors (Lipinski definition) is 4. The molecule has 0 aromatic carbocycles. The van der Waals surface area contributed by atoms with Crippen molar-refractivity contribution in [3.8, 4) is 0 Å². The molecule has 4 N–H and O–H groups in total. The van der Waals surface area contributed by atoms with Crippen molar-refractivity contribution in [3.63, 3.8) is 0 Å². The van der Waals surface area contributed by atoms with Gasteiger partial charge in [-0.1, -0.05) is 44.9 Å². The van der Waals surface area contributed by atoms with Gasteiger partial charge in [0.1, 0.15) is 17.8 Å². The number of rotatable bonds is 1. The van der Waals surface area contributed by atoms with E-state index < -0.39 is 41.7 Å². The summed E-state index contributed by atoms with van der Waals surface area (Å²) in [6.45, 7) is 9.37. The zero-order chi connectivity index (χ0) is 22.8. The molecule has 4 fully saturated rings. The lowest BCUT2D eigenvalue weighted by atomic mass is 9.52. The van der Waals surface area contributed by atoms with Crippen LogP contribution in [0.5, 0.6) is 0 Å².